The molecule has 2 fully saturated rings. The predicted molar refractivity (Wildman–Crippen MR) is 134 cm³/mol. The van der Waals surface area contributed by atoms with Gasteiger partial charge in [-0.05, 0) is 53.2 Å². The Morgan fingerprint density at radius 3 is 2.92 bits per heavy atom. The highest BCUT2D eigenvalue weighted by Gasteiger charge is 2.41. The first-order valence-corrected chi connectivity index (χ1v) is 12.7. The highest BCUT2D eigenvalue weighted by atomic mass is 79.9. The molecular weight excluding hydrogens is 529 g/mol. The van der Waals surface area contributed by atoms with E-state index in [-0.39, 0.29) is 31.0 Å². The van der Waals surface area contributed by atoms with Gasteiger partial charge in [-0.3, -0.25) is 4.79 Å². The fraction of sp³-hybridized carbons (Fsp3) is 0.480. The predicted octanol–water partition coefficient (Wildman–Crippen LogP) is 3.23. The summed E-state index contributed by atoms with van der Waals surface area (Å²) in [6.45, 7) is 2.41. The molecule has 188 valence electrons. The van der Waals surface area contributed by atoms with E-state index in [1.165, 1.54) is 0 Å². The third-order valence-corrected chi connectivity index (χ3v) is 7.75. The first-order valence-electron chi connectivity index (χ1n) is 11.9. The second kappa shape index (κ2) is 9.41. The third kappa shape index (κ3) is 4.67. The molecule has 36 heavy (non-hydrogen) atoms. The summed E-state index contributed by atoms with van der Waals surface area (Å²) in [5.41, 5.74) is -0.228. The number of halogens is 2. The van der Waals surface area contributed by atoms with E-state index in [0.29, 0.717) is 45.4 Å². The van der Waals surface area contributed by atoms with Gasteiger partial charge in [-0.2, -0.15) is 10.4 Å². The van der Waals surface area contributed by atoms with Crippen LogP contribution in [0.3, 0.4) is 0 Å². The number of hydrogen-bond donors (Lipinski definition) is 2. The lowest BCUT2D eigenvalue weighted by atomic mass is 9.86. The minimum Gasteiger partial charge on any atom is -0.490 e. The van der Waals surface area contributed by atoms with Crippen molar-refractivity contribution in [3.63, 3.8) is 0 Å². The second-order valence-electron chi connectivity index (χ2n) is 10.0. The molecule has 3 heterocycles. The van der Waals surface area contributed by atoms with Crippen molar-refractivity contribution in [1.82, 2.24) is 30.4 Å². The monoisotopic (exact) mass is 555 g/mol. The molecule has 0 radical (unpaired) electrons. The van der Waals surface area contributed by atoms with Gasteiger partial charge in [0, 0.05) is 44.2 Å². The van der Waals surface area contributed by atoms with Crippen LogP contribution in [0.4, 0.5) is 4.39 Å². The van der Waals surface area contributed by atoms with E-state index in [4.69, 9.17) is 9.72 Å². The largest absolute Gasteiger partial charge is 0.490 e. The highest BCUT2D eigenvalue weighted by molar-refractivity contribution is 9.10. The van der Waals surface area contributed by atoms with E-state index in [1.807, 2.05) is 6.92 Å². The number of ether oxygens (including phenoxy) is 1. The lowest BCUT2D eigenvalue weighted by molar-refractivity contribution is -0.129. The molecule has 0 bridgehead atoms. The quantitative estimate of drug-likeness (QED) is 0.459. The molecule has 2 aromatic heterocycles. The number of aromatic nitrogens is 4. The van der Waals surface area contributed by atoms with Crippen LogP contribution in [0.2, 0.25) is 0 Å². The van der Waals surface area contributed by atoms with Crippen molar-refractivity contribution >= 4 is 32.9 Å². The minimum atomic E-state index is -1.40. The number of benzene rings is 1. The number of fused-ring (bicyclic) bond motifs is 1. The van der Waals surface area contributed by atoms with E-state index < -0.39 is 5.67 Å². The topological polar surface area (TPSA) is 118 Å². The Kier molecular flexibility index (Phi) is 6.43. The van der Waals surface area contributed by atoms with E-state index in [2.05, 4.69) is 42.7 Å². The van der Waals surface area contributed by atoms with Gasteiger partial charge >= 0.3 is 0 Å². The number of nitrogens with zero attached hydrogens (tertiary/aromatic N) is 5. The summed E-state index contributed by atoms with van der Waals surface area (Å²) in [6.07, 6.45) is 4.95. The number of nitrogens with one attached hydrogen (secondary N) is 2. The van der Waals surface area contributed by atoms with E-state index >= 15 is 0 Å². The van der Waals surface area contributed by atoms with Crippen molar-refractivity contribution in [3.8, 4) is 17.5 Å². The van der Waals surface area contributed by atoms with E-state index in [1.54, 1.807) is 36.1 Å². The molecule has 1 aliphatic heterocycles. The SMILES string of the molecule is CNC(=O)[C@]1(C)CC[C@@H](Cc2ncc3c(Br)nn(-c4cc(C#N)cc(OCC5(F)CNC5)c4)c3n2)C1. The molecule has 0 spiro atoms. The second-order valence-corrected chi connectivity index (χ2v) is 10.8. The molecule has 2 N–H and O–H groups in total. The van der Waals surface area contributed by atoms with Gasteiger partial charge < -0.3 is 15.4 Å². The van der Waals surface area contributed by atoms with Gasteiger partial charge in [0.2, 0.25) is 5.91 Å². The average Bonchev–Trinajstić information content (AvgIpc) is 3.40. The summed E-state index contributed by atoms with van der Waals surface area (Å²) in [5.74, 6) is 1.44. The zero-order chi connectivity index (χ0) is 25.5. The van der Waals surface area contributed by atoms with Gasteiger partial charge in [-0.1, -0.05) is 6.92 Å². The number of nitriles is 1. The van der Waals surface area contributed by atoms with Gasteiger partial charge in [0.25, 0.3) is 0 Å². The van der Waals surface area contributed by atoms with Gasteiger partial charge in [0.05, 0.1) is 22.7 Å². The molecule has 1 amide bonds. The Labute approximate surface area is 216 Å². The van der Waals surface area contributed by atoms with Crippen molar-refractivity contribution in [1.29, 1.82) is 5.26 Å². The van der Waals surface area contributed by atoms with Crippen molar-refractivity contribution in [2.45, 2.75) is 38.3 Å². The average molecular weight is 556 g/mol. The van der Waals surface area contributed by atoms with Gasteiger partial charge in [-0.15, -0.1) is 0 Å². The lowest BCUT2D eigenvalue weighted by Crippen LogP contribution is -2.59. The smallest absolute Gasteiger partial charge is 0.225 e. The summed E-state index contributed by atoms with van der Waals surface area (Å²) in [5, 5.41) is 20.5. The van der Waals surface area contributed by atoms with Crippen LogP contribution in [0.25, 0.3) is 16.7 Å². The van der Waals surface area contributed by atoms with Crippen LogP contribution in [0.1, 0.15) is 37.6 Å². The van der Waals surface area contributed by atoms with Crippen molar-refractivity contribution < 1.29 is 13.9 Å². The molecule has 1 aromatic carbocycles. The molecule has 1 aliphatic carbocycles. The Bertz CT molecular complexity index is 1370. The first-order chi connectivity index (χ1) is 17.2. The lowest BCUT2D eigenvalue weighted by Gasteiger charge is -2.34. The summed E-state index contributed by atoms with van der Waals surface area (Å²) in [6, 6.07) is 7.14. The standard InChI is InChI=1S/C25H27BrFN7O2/c1-24(23(35)29-2)4-3-15(9-24)7-20-31-11-19-21(26)33-34(22(19)32-20)17-5-16(10-28)6-18(8-17)36-14-25(27)12-30-13-25/h5-6,8,11,15,30H,3-4,7,9,12-14H2,1-2H3,(H,29,35)/t15-,24+/m0/s1. The summed E-state index contributed by atoms with van der Waals surface area (Å²) in [4.78, 5) is 21.7. The zero-order valence-electron chi connectivity index (χ0n) is 20.1. The fourth-order valence-electron chi connectivity index (χ4n) is 5.05. The Morgan fingerprint density at radius 2 is 2.22 bits per heavy atom. The molecule has 3 aromatic rings. The molecule has 1 saturated heterocycles. The molecule has 11 heteroatoms. The van der Waals surface area contributed by atoms with Crippen molar-refractivity contribution in [2.24, 2.45) is 11.3 Å². The number of carbonyl (C=O) groups excluding carboxylic acids is 1. The maximum Gasteiger partial charge on any atom is 0.225 e. The molecule has 2 aliphatic rings. The van der Waals surface area contributed by atoms with Crippen LogP contribution in [0.5, 0.6) is 5.75 Å². The van der Waals surface area contributed by atoms with Crippen molar-refractivity contribution in [2.75, 3.05) is 26.7 Å². The fourth-order valence-corrected chi connectivity index (χ4v) is 5.49. The molecule has 2 atom stereocenters. The van der Waals surface area contributed by atoms with Gasteiger partial charge in [0.15, 0.2) is 11.3 Å². The Morgan fingerprint density at radius 1 is 1.42 bits per heavy atom. The van der Waals surface area contributed by atoms with Gasteiger partial charge in [0.1, 0.15) is 22.8 Å². The van der Waals surface area contributed by atoms with Crippen molar-refractivity contribution in [3.05, 3.63) is 40.4 Å². The van der Waals surface area contributed by atoms with E-state index in [9.17, 15) is 14.4 Å². The van der Waals surface area contributed by atoms with Crippen LogP contribution in [0.15, 0.2) is 29.0 Å². The summed E-state index contributed by atoms with van der Waals surface area (Å²) < 4.78 is 22.3. The maximum atomic E-state index is 14.4. The number of hydrogen-bond acceptors (Lipinski definition) is 7. The van der Waals surface area contributed by atoms with Gasteiger partial charge in [-0.25, -0.2) is 19.0 Å². The molecule has 0 unspecified atom stereocenters. The van der Waals surface area contributed by atoms with Crippen LogP contribution in [0, 0.1) is 22.7 Å². The van der Waals surface area contributed by atoms with Crippen LogP contribution in [-0.4, -0.2) is 58.1 Å². The van der Waals surface area contributed by atoms with E-state index in [0.717, 1.165) is 24.6 Å². The third-order valence-electron chi connectivity index (χ3n) is 7.17. The minimum absolute atomic E-state index is 0.0750. The Hall–Kier alpha value is -3.10. The van der Waals surface area contributed by atoms with Crippen LogP contribution in [-0.2, 0) is 11.2 Å². The number of amides is 1. The summed E-state index contributed by atoms with van der Waals surface area (Å²) in [7, 11) is 1.68. The van der Waals surface area contributed by atoms with Crippen LogP contribution < -0.4 is 15.4 Å². The highest BCUT2D eigenvalue weighted by Crippen LogP contribution is 2.42. The van der Waals surface area contributed by atoms with Crippen LogP contribution >= 0.6 is 15.9 Å². The zero-order valence-corrected chi connectivity index (χ0v) is 21.7. The molecule has 9 nitrogen and oxygen atoms in total. The normalized spacial score (nSPS) is 22.7. The number of rotatable bonds is 7. The maximum absolute atomic E-state index is 14.4. The molecular formula is C25H27BrFN7O2. The molecule has 5 rings (SSSR count). The first kappa shape index (κ1) is 24.6. The Balaban J connectivity index is 1.43. The number of alkyl halides is 1. The number of carbonyl (C=O) groups is 1. The molecule has 1 saturated carbocycles. The summed E-state index contributed by atoms with van der Waals surface area (Å²) >= 11 is 3.49.